The Morgan fingerprint density at radius 2 is 1.89 bits per heavy atom. The minimum absolute atomic E-state index is 0.00934. The van der Waals surface area contributed by atoms with E-state index < -0.39 is 0 Å². The summed E-state index contributed by atoms with van der Waals surface area (Å²) in [4.78, 5) is 0. The predicted octanol–water partition coefficient (Wildman–Crippen LogP) is 3.09. The van der Waals surface area contributed by atoms with E-state index in [-0.39, 0.29) is 11.5 Å². The zero-order valence-electron chi connectivity index (χ0n) is 11.6. The van der Waals surface area contributed by atoms with Crippen LogP contribution in [0.15, 0.2) is 42.5 Å². The molecule has 2 N–H and O–H groups in total. The van der Waals surface area contributed by atoms with Crippen LogP contribution in [0.5, 0.6) is 0 Å². The number of fused-ring (bicyclic) bond motifs is 1. The summed E-state index contributed by atoms with van der Waals surface area (Å²) in [5, 5.41) is 16.0. The highest BCUT2D eigenvalue weighted by atomic mass is 16.3. The summed E-state index contributed by atoms with van der Waals surface area (Å²) in [5.74, 6) is 0. The molecule has 0 spiro atoms. The molecule has 1 fully saturated rings. The second-order valence-electron chi connectivity index (χ2n) is 6.14. The molecular weight excluding hydrogens is 234 g/mol. The van der Waals surface area contributed by atoms with E-state index in [0.717, 1.165) is 13.0 Å². The molecule has 0 aliphatic heterocycles. The lowest BCUT2D eigenvalue weighted by molar-refractivity contribution is -0.0729. The summed E-state index contributed by atoms with van der Waals surface area (Å²) in [5.41, 5.74) is 1.32. The molecule has 0 radical (unpaired) electrons. The summed E-state index contributed by atoms with van der Waals surface area (Å²) in [6.45, 7) is 5.12. The van der Waals surface area contributed by atoms with Crippen LogP contribution < -0.4 is 5.32 Å². The van der Waals surface area contributed by atoms with E-state index in [2.05, 4.69) is 61.6 Å². The van der Waals surface area contributed by atoms with Crippen molar-refractivity contribution in [2.24, 2.45) is 5.41 Å². The molecule has 1 aliphatic rings. The van der Waals surface area contributed by atoms with Crippen molar-refractivity contribution in [2.75, 3.05) is 0 Å². The van der Waals surface area contributed by atoms with E-state index in [0.29, 0.717) is 6.04 Å². The first-order chi connectivity index (χ1) is 9.09. The highest BCUT2D eigenvalue weighted by molar-refractivity contribution is 5.85. The van der Waals surface area contributed by atoms with E-state index in [9.17, 15) is 5.11 Å². The molecule has 2 aromatic carbocycles. The molecule has 0 amide bonds. The smallest absolute Gasteiger partial charge is 0.0621 e. The normalized spacial score (nSPS) is 25.2. The van der Waals surface area contributed by atoms with Crippen LogP contribution in [-0.4, -0.2) is 17.3 Å². The Morgan fingerprint density at radius 3 is 2.63 bits per heavy atom. The first kappa shape index (κ1) is 12.6. The maximum absolute atomic E-state index is 9.78. The molecule has 100 valence electrons. The zero-order valence-corrected chi connectivity index (χ0v) is 11.6. The van der Waals surface area contributed by atoms with Crippen LogP contribution in [0.3, 0.4) is 0 Å². The molecule has 0 aromatic heterocycles. The first-order valence-corrected chi connectivity index (χ1v) is 6.97. The van der Waals surface area contributed by atoms with Crippen molar-refractivity contribution >= 4 is 10.8 Å². The fourth-order valence-electron chi connectivity index (χ4n) is 2.93. The number of benzene rings is 2. The lowest BCUT2D eigenvalue weighted by atomic mass is 9.64. The van der Waals surface area contributed by atoms with Gasteiger partial charge in [-0.15, -0.1) is 0 Å². The third-order valence-electron chi connectivity index (χ3n) is 4.63. The van der Waals surface area contributed by atoms with Crippen molar-refractivity contribution in [3.63, 3.8) is 0 Å². The fourth-order valence-corrected chi connectivity index (χ4v) is 2.93. The lowest BCUT2D eigenvalue weighted by Gasteiger charge is -2.49. The van der Waals surface area contributed by atoms with Gasteiger partial charge in [-0.3, -0.25) is 0 Å². The first-order valence-electron chi connectivity index (χ1n) is 6.97. The third kappa shape index (κ3) is 2.15. The molecule has 2 nitrogen and oxygen atoms in total. The highest BCUT2D eigenvalue weighted by Gasteiger charge is 2.46. The van der Waals surface area contributed by atoms with Crippen LogP contribution in [0.2, 0.25) is 0 Å². The summed E-state index contributed by atoms with van der Waals surface area (Å²) in [6, 6.07) is 15.3. The molecule has 2 unspecified atom stereocenters. The van der Waals surface area contributed by atoms with Gasteiger partial charge < -0.3 is 10.4 Å². The van der Waals surface area contributed by atoms with Crippen molar-refractivity contribution in [2.45, 2.75) is 39.0 Å². The van der Waals surface area contributed by atoms with Crippen LogP contribution in [0.25, 0.3) is 10.8 Å². The predicted molar refractivity (Wildman–Crippen MR) is 79.0 cm³/mol. The molecule has 2 atom stereocenters. The number of hydrogen-bond acceptors (Lipinski definition) is 2. The molecule has 0 bridgehead atoms. The number of aliphatic hydroxyl groups is 1. The van der Waals surface area contributed by atoms with Crippen LogP contribution in [-0.2, 0) is 6.54 Å². The van der Waals surface area contributed by atoms with Gasteiger partial charge in [0, 0.05) is 18.0 Å². The van der Waals surface area contributed by atoms with Crippen molar-refractivity contribution in [3.05, 3.63) is 48.0 Å². The Kier molecular flexibility index (Phi) is 3.08. The lowest BCUT2D eigenvalue weighted by Crippen LogP contribution is -2.59. The van der Waals surface area contributed by atoms with Gasteiger partial charge in [0.1, 0.15) is 0 Å². The molecule has 2 aromatic rings. The van der Waals surface area contributed by atoms with Gasteiger partial charge in [-0.2, -0.15) is 0 Å². The molecular formula is C17H21NO. The molecule has 0 heterocycles. The van der Waals surface area contributed by atoms with Gasteiger partial charge in [0.15, 0.2) is 0 Å². The Labute approximate surface area is 114 Å². The SMILES string of the molecule is CC1(C)C(O)CC1NCc1cccc2ccccc12. The van der Waals surface area contributed by atoms with E-state index in [1.165, 1.54) is 16.3 Å². The minimum atomic E-state index is -0.169. The van der Waals surface area contributed by atoms with E-state index >= 15 is 0 Å². The van der Waals surface area contributed by atoms with Crippen molar-refractivity contribution in [1.29, 1.82) is 0 Å². The average Bonchev–Trinajstić information content (AvgIpc) is 2.43. The van der Waals surface area contributed by atoms with Crippen LogP contribution in [0.4, 0.5) is 0 Å². The van der Waals surface area contributed by atoms with E-state index in [1.54, 1.807) is 0 Å². The average molecular weight is 255 g/mol. The van der Waals surface area contributed by atoms with Crippen LogP contribution in [0.1, 0.15) is 25.8 Å². The monoisotopic (exact) mass is 255 g/mol. The number of hydrogen-bond donors (Lipinski definition) is 2. The maximum Gasteiger partial charge on any atom is 0.0621 e. The molecule has 0 saturated heterocycles. The van der Waals surface area contributed by atoms with E-state index in [1.807, 2.05) is 0 Å². The number of nitrogens with one attached hydrogen (secondary N) is 1. The quantitative estimate of drug-likeness (QED) is 0.883. The maximum atomic E-state index is 9.78. The fraction of sp³-hybridized carbons (Fsp3) is 0.412. The van der Waals surface area contributed by atoms with Gasteiger partial charge in [-0.05, 0) is 22.8 Å². The number of aliphatic hydroxyl groups excluding tert-OH is 1. The van der Waals surface area contributed by atoms with Crippen molar-refractivity contribution in [1.82, 2.24) is 5.32 Å². The van der Waals surface area contributed by atoms with Gasteiger partial charge in [0.25, 0.3) is 0 Å². The van der Waals surface area contributed by atoms with Gasteiger partial charge in [0.05, 0.1) is 6.10 Å². The van der Waals surface area contributed by atoms with Crippen LogP contribution >= 0.6 is 0 Å². The zero-order chi connectivity index (χ0) is 13.5. The topological polar surface area (TPSA) is 32.3 Å². The molecule has 2 heteroatoms. The molecule has 3 rings (SSSR count). The summed E-state index contributed by atoms with van der Waals surface area (Å²) < 4.78 is 0. The Hall–Kier alpha value is -1.38. The Balaban J connectivity index is 1.76. The largest absolute Gasteiger partial charge is 0.392 e. The molecule has 1 aliphatic carbocycles. The van der Waals surface area contributed by atoms with E-state index in [4.69, 9.17) is 0 Å². The van der Waals surface area contributed by atoms with Crippen molar-refractivity contribution < 1.29 is 5.11 Å². The van der Waals surface area contributed by atoms with Crippen LogP contribution in [0, 0.1) is 5.41 Å². The molecule has 19 heavy (non-hydrogen) atoms. The molecule has 1 saturated carbocycles. The standard InChI is InChI=1S/C17H21NO/c1-17(2)15(10-16(17)19)18-11-13-8-5-7-12-6-3-4-9-14(12)13/h3-9,15-16,18-19H,10-11H2,1-2H3. The van der Waals surface area contributed by atoms with Gasteiger partial charge >= 0.3 is 0 Å². The Morgan fingerprint density at radius 1 is 1.16 bits per heavy atom. The summed E-state index contributed by atoms with van der Waals surface area (Å²) in [7, 11) is 0. The van der Waals surface area contributed by atoms with Gasteiger partial charge in [-0.25, -0.2) is 0 Å². The highest BCUT2D eigenvalue weighted by Crippen LogP contribution is 2.40. The van der Waals surface area contributed by atoms with Crippen molar-refractivity contribution in [3.8, 4) is 0 Å². The number of rotatable bonds is 3. The van der Waals surface area contributed by atoms with Gasteiger partial charge in [0.2, 0.25) is 0 Å². The third-order valence-corrected chi connectivity index (χ3v) is 4.63. The summed E-state index contributed by atoms with van der Waals surface area (Å²) in [6.07, 6.45) is 0.690. The summed E-state index contributed by atoms with van der Waals surface area (Å²) >= 11 is 0. The second kappa shape index (κ2) is 4.62. The second-order valence-corrected chi connectivity index (χ2v) is 6.14. The van der Waals surface area contributed by atoms with Gasteiger partial charge in [-0.1, -0.05) is 56.3 Å². The Bertz CT molecular complexity index is 585. The minimum Gasteiger partial charge on any atom is -0.392 e.